The molecular weight excluding hydrogens is 304 g/mol. The molecular formula is C17H28N4OSi. The first-order valence-corrected chi connectivity index (χ1v) is 11.5. The summed E-state index contributed by atoms with van der Waals surface area (Å²) in [4.78, 5) is 4.47. The molecule has 2 aromatic rings. The predicted octanol–water partition coefficient (Wildman–Crippen LogP) is 2.57. The molecule has 1 N–H and O–H groups in total. The zero-order valence-corrected chi connectivity index (χ0v) is 15.7. The van der Waals surface area contributed by atoms with Crippen LogP contribution < -0.4 is 15.4 Å². The highest BCUT2D eigenvalue weighted by molar-refractivity contribution is 6.91. The molecule has 6 heteroatoms. The summed E-state index contributed by atoms with van der Waals surface area (Å²) in [5, 5.41) is 9.60. The second kappa shape index (κ2) is 6.61. The van der Waals surface area contributed by atoms with Crippen molar-refractivity contribution in [2.45, 2.75) is 64.4 Å². The van der Waals surface area contributed by atoms with Crippen molar-refractivity contribution in [1.82, 2.24) is 19.9 Å². The van der Waals surface area contributed by atoms with Gasteiger partial charge < -0.3 is 10.1 Å². The van der Waals surface area contributed by atoms with Crippen LogP contribution >= 0.6 is 0 Å². The van der Waals surface area contributed by atoms with Gasteiger partial charge in [-0.1, -0.05) is 38.9 Å². The van der Waals surface area contributed by atoms with Gasteiger partial charge in [-0.2, -0.15) is 5.10 Å². The Bertz CT molecular complexity index is 659. The van der Waals surface area contributed by atoms with Crippen LogP contribution in [0.25, 0.3) is 5.52 Å². The van der Waals surface area contributed by atoms with Crippen LogP contribution in [0.5, 0.6) is 5.88 Å². The van der Waals surface area contributed by atoms with E-state index in [-0.39, 0.29) is 6.10 Å². The third kappa shape index (κ3) is 3.14. The molecule has 0 bridgehead atoms. The van der Waals surface area contributed by atoms with Crippen molar-refractivity contribution < 1.29 is 4.74 Å². The summed E-state index contributed by atoms with van der Waals surface area (Å²) in [7, 11) is -1.45. The monoisotopic (exact) mass is 332 g/mol. The van der Waals surface area contributed by atoms with Crippen molar-refractivity contribution in [2.75, 3.05) is 6.54 Å². The third-order valence-corrected chi connectivity index (χ3v) is 10.9. The average Bonchev–Trinajstić information content (AvgIpc) is 3.16. The Morgan fingerprint density at radius 1 is 1.30 bits per heavy atom. The number of hydrogen-bond acceptors (Lipinski definition) is 4. The van der Waals surface area contributed by atoms with E-state index < -0.39 is 8.07 Å². The lowest BCUT2D eigenvalue weighted by Gasteiger charge is -2.25. The highest BCUT2D eigenvalue weighted by Crippen LogP contribution is 2.21. The van der Waals surface area contributed by atoms with E-state index in [1.54, 1.807) is 0 Å². The Morgan fingerprint density at radius 2 is 2.04 bits per heavy atom. The van der Waals surface area contributed by atoms with Crippen molar-refractivity contribution in [2.24, 2.45) is 0 Å². The molecule has 2 atom stereocenters. The van der Waals surface area contributed by atoms with Crippen LogP contribution in [0.3, 0.4) is 0 Å². The minimum atomic E-state index is -1.45. The van der Waals surface area contributed by atoms with Crippen LogP contribution in [-0.4, -0.2) is 41.4 Å². The smallest absolute Gasteiger partial charge is 0.232 e. The molecule has 1 saturated heterocycles. The first kappa shape index (κ1) is 16.5. The maximum atomic E-state index is 6.00. The summed E-state index contributed by atoms with van der Waals surface area (Å²) < 4.78 is 7.96. The van der Waals surface area contributed by atoms with Gasteiger partial charge in [-0.3, -0.25) is 0 Å². The topological polar surface area (TPSA) is 51.5 Å². The van der Waals surface area contributed by atoms with Crippen LogP contribution in [0.2, 0.25) is 18.1 Å². The molecule has 1 aliphatic heterocycles. The molecule has 0 spiro atoms. The lowest BCUT2D eigenvalue weighted by atomic mass is 10.2. The molecule has 0 saturated carbocycles. The van der Waals surface area contributed by atoms with Gasteiger partial charge in [0.15, 0.2) is 0 Å². The predicted molar refractivity (Wildman–Crippen MR) is 96.3 cm³/mol. The average molecular weight is 333 g/mol. The summed E-state index contributed by atoms with van der Waals surface area (Å²) in [6.07, 6.45) is 5.06. The van der Waals surface area contributed by atoms with E-state index in [0.29, 0.717) is 11.9 Å². The molecule has 0 unspecified atom stereocenters. The Balaban J connectivity index is 1.86. The number of hydrogen-bond donors (Lipinski definition) is 1. The highest BCUT2D eigenvalue weighted by atomic mass is 28.3. The minimum Gasteiger partial charge on any atom is -0.472 e. The van der Waals surface area contributed by atoms with Gasteiger partial charge in [0.1, 0.15) is 14.2 Å². The maximum absolute atomic E-state index is 6.00. The van der Waals surface area contributed by atoms with Crippen LogP contribution in [0.15, 0.2) is 18.5 Å². The summed E-state index contributed by atoms with van der Waals surface area (Å²) in [5.41, 5.74) is 1.07. The van der Waals surface area contributed by atoms with Crippen molar-refractivity contribution in [3.8, 4) is 5.88 Å². The lowest BCUT2D eigenvalue weighted by molar-refractivity contribution is 0.210. The molecule has 3 heterocycles. The third-order valence-electron chi connectivity index (χ3n) is 5.49. The Morgan fingerprint density at radius 3 is 2.65 bits per heavy atom. The van der Waals surface area contributed by atoms with Crippen molar-refractivity contribution >= 4 is 18.9 Å². The van der Waals surface area contributed by atoms with E-state index in [4.69, 9.17) is 9.84 Å². The number of fused-ring (bicyclic) bond motifs is 1. The van der Waals surface area contributed by atoms with Gasteiger partial charge in [-0.05, 0) is 13.0 Å². The standard InChI is InChI=1S/C17H28N4OSi/c1-5-23(6-2,7-3)17-9-14-10-19-16(12-21(14)20-17)22-15-8-13(4)18-11-15/h9-10,12-13,15,18H,5-8,11H2,1-4H3/t13-,15+/m0/s1. The lowest BCUT2D eigenvalue weighted by Crippen LogP contribution is -2.46. The quantitative estimate of drug-likeness (QED) is 0.826. The van der Waals surface area contributed by atoms with Crippen LogP contribution in [-0.2, 0) is 0 Å². The SMILES string of the molecule is CC[Si](CC)(CC)c1cc2cnc(O[C@H]3CN[C@@H](C)C3)cn2n1. The van der Waals surface area contributed by atoms with E-state index >= 15 is 0 Å². The Hall–Kier alpha value is -1.40. The van der Waals surface area contributed by atoms with E-state index in [1.807, 2.05) is 16.9 Å². The second-order valence-corrected chi connectivity index (χ2v) is 11.9. The van der Waals surface area contributed by atoms with E-state index in [9.17, 15) is 0 Å². The van der Waals surface area contributed by atoms with E-state index in [0.717, 1.165) is 18.5 Å². The summed E-state index contributed by atoms with van der Waals surface area (Å²) in [6.45, 7) is 10.0. The van der Waals surface area contributed by atoms with Gasteiger partial charge in [0.2, 0.25) is 5.88 Å². The van der Waals surface area contributed by atoms with E-state index in [1.165, 1.54) is 23.4 Å². The van der Waals surface area contributed by atoms with Crippen LogP contribution in [0, 0.1) is 0 Å². The van der Waals surface area contributed by atoms with Gasteiger partial charge in [-0.15, -0.1) is 0 Å². The molecule has 3 rings (SSSR count). The van der Waals surface area contributed by atoms with Gasteiger partial charge in [0.25, 0.3) is 0 Å². The zero-order chi connectivity index (χ0) is 16.4. The highest BCUT2D eigenvalue weighted by Gasteiger charge is 2.32. The summed E-state index contributed by atoms with van der Waals surface area (Å²) in [5.74, 6) is 0.671. The fourth-order valence-corrected chi connectivity index (χ4v) is 7.00. The summed E-state index contributed by atoms with van der Waals surface area (Å²) in [6, 6.07) is 6.48. The molecule has 126 valence electrons. The van der Waals surface area contributed by atoms with Gasteiger partial charge >= 0.3 is 0 Å². The van der Waals surface area contributed by atoms with Gasteiger partial charge in [0, 0.05) is 24.3 Å². The molecule has 1 fully saturated rings. The maximum Gasteiger partial charge on any atom is 0.232 e. The minimum absolute atomic E-state index is 0.209. The molecule has 0 aromatic carbocycles. The zero-order valence-electron chi connectivity index (χ0n) is 14.7. The van der Waals surface area contributed by atoms with Crippen molar-refractivity contribution in [1.29, 1.82) is 0 Å². The van der Waals surface area contributed by atoms with Crippen LogP contribution in [0.1, 0.15) is 34.1 Å². The number of nitrogens with zero attached hydrogens (tertiary/aromatic N) is 3. The Kier molecular flexibility index (Phi) is 4.73. The summed E-state index contributed by atoms with van der Waals surface area (Å²) >= 11 is 0. The number of nitrogens with one attached hydrogen (secondary N) is 1. The van der Waals surface area contributed by atoms with E-state index in [2.05, 4.69) is 44.1 Å². The number of ether oxygens (including phenoxy) is 1. The van der Waals surface area contributed by atoms with Gasteiger partial charge in [0.05, 0.1) is 17.9 Å². The molecule has 1 aliphatic rings. The first-order chi connectivity index (χ1) is 11.1. The van der Waals surface area contributed by atoms with Gasteiger partial charge in [-0.25, -0.2) is 9.50 Å². The molecule has 0 radical (unpaired) electrons. The molecule has 0 aliphatic carbocycles. The van der Waals surface area contributed by atoms with Crippen LogP contribution in [0.4, 0.5) is 0 Å². The van der Waals surface area contributed by atoms with Crippen molar-refractivity contribution in [3.63, 3.8) is 0 Å². The van der Waals surface area contributed by atoms with Crippen molar-refractivity contribution in [3.05, 3.63) is 18.5 Å². The molecule has 5 nitrogen and oxygen atoms in total. The molecule has 2 aromatic heterocycles. The number of rotatable bonds is 6. The fourth-order valence-electron chi connectivity index (χ4n) is 3.64. The first-order valence-electron chi connectivity index (χ1n) is 8.86. The largest absolute Gasteiger partial charge is 0.472 e. The number of aromatic nitrogens is 3. The molecule has 0 amide bonds. The Labute approximate surface area is 139 Å². The normalized spacial score (nSPS) is 21.9. The molecule has 23 heavy (non-hydrogen) atoms. The second-order valence-electron chi connectivity index (χ2n) is 6.75. The fraction of sp³-hybridized carbons (Fsp3) is 0.647.